The molecule has 5 nitrogen and oxygen atoms in total. The molecule has 0 bridgehead atoms. The number of aromatic nitrogens is 2. The minimum Gasteiger partial charge on any atom is -0.345 e. The number of sulfone groups is 1. The highest BCUT2D eigenvalue weighted by Crippen LogP contribution is 2.26. The third-order valence-corrected chi connectivity index (χ3v) is 5.76. The Labute approximate surface area is 111 Å². The molecular formula is C13H14N2O3S. The first-order valence-electron chi connectivity index (χ1n) is 6.27. The van der Waals surface area contributed by atoms with Gasteiger partial charge in [0, 0.05) is 23.3 Å². The Morgan fingerprint density at radius 1 is 1.37 bits per heavy atom. The lowest BCUT2D eigenvalue weighted by molar-refractivity contribution is 0.0983. The highest BCUT2D eigenvalue weighted by Gasteiger charge is 2.36. The number of hydrogen-bond acceptors (Lipinski definition) is 4. The molecule has 3 heterocycles. The smallest absolute Gasteiger partial charge is 0.183 e. The average molecular weight is 278 g/mol. The standard InChI is InChI=1S/C13H14N2O3S/c16-12(11-5-1-2-7-19(11,17)18)10-8-15-13-9(10)4-3-6-14-13/h3-4,6,8,11H,1-2,5,7H2,(H,14,15). The van der Waals surface area contributed by atoms with Crippen LogP contribution in [0.2, 0.25) is 0 Å². The second-order valence-corrected chi connectivity index (χ2v) is 7.12. The lowest BCUT2D eigenvalue weighted by atomic mass is 10.0. The maximum atomic E-state index is 12.5. The Kier molecular flexibility index (Phi) is 2.89. The van der Waals surface area contributed by atoms with Gasteiger partial charge in [-0.05, 0) is 25.0 Å². The molecule has 1 saturated heterocycles. The van der Waals surface area contributed by atoms with Crippen LogP contribution in [0.5, 0.6) is 0 Å². The number of carbonyl (C=O) groups is 1. The van der Waals surface area contributed by atoms with E-state index in [2.05, 4.69) is 9.97 Å². The molecule has 1 unspecified atom stereocenters. The molecule has 0 amide bonds. The second-order valence-electron chi connectivity index (χ2n) is 4.82. The first-order valence-corrected chi connectivity index (χ1v) is 7.99. The minimum atomic E-state index is -3.30. The van der Waals surface area contributed by atoms with Crippen LogP contribution in [-0.4, -0.2) is 35.2 Å². The van der Waals surface area contributed by atoms with E-state index in [4.69, 9.17) is 0 Å². The van der Waals surface area contributed by atoms with E-state index in [0.717, 1.165) is 6.42 Å². The summed E-state index contributed by atoms with van der Waals surface area (Å²) in [5, 5.41) is -0.200. The summed E-state index contributed by atoms with van der Waals surface area (Å²) < 4.78 is 24.0. The molecule has 1 aliphatic rings. The Balaban J connectivity index is 2.04. The Bertz CT molecular complexity index is 733. The predicted octanol–water partition coefficient (Wildman–Crippen LogP) is 1.71. The first-order chi connectivity index (χ1) is 9.09. The van der Waals surface area contributed by atoms with Gasteiger partial charge in [-0.1, -0.05) is 6.42 Å². The van der Waals surface area contributed by atoms with Crippen LogP contribution < -0.4 is 0 Å². The van der Waals surface area contributed by atoms with Crippen molar-refractivity contribution in [2.75, 3.05) is 5.75 Å². The van der Waals surface area contributed by atoms with Crippen LogP contribution in [0.4, 0.5) is 0 Å². The van der Waals surface area contributed by atoms with Gasteiger partial charge in [0.05, 0.1) is 5.75 Å². The minimum absolute atomic E-state index is 0.115. The number of H-pyrrole nitrogens is 1. The Morgan fingerprint density at radius 2 is 2.21 bits per heavy atom. The summed E-state index contributed by atoms with van der Waals surface area (Å²) in [6.45, 7) is 0. The quantitative estimate of drug-likeness (QED) is 0.848. The molecule has 1 N–H and O–H groups in total. The zero-order valence-corrected chi connectivity index (χ0v) is 11.1. The molecule has 3 rings (SSSR count). The predicted molar refractivity (Wildman–Crippen MR) is 71.9 cm³/mol. The van der Waals surface area contributed by atoms with Crippen LogP contribution in [0.3, 0.4) is 0 Å². The molecular weight excluding hydrogens is 264 g/mol. The third-order valence-electron chi connectivity index (χ3n) is 3.59. The van der Waals surface area contributed by atoms with Gasteiger partial charge in [-0.15, -0.1) is 0 Å². The fraction of sp³-hybridized carbons (Fsp3) is 0.385. The number of fused-ring (bicyclic) bond motifs is 1. The van der Waals surface area contributed by atoms with E-state index in [1.807, 2.05) is 0 Å². The molecule has 2 aromatic heterocycles. The molecule has 100 valence electrons. The number of hydrogen-bond donors (Lipinski definition) is 1. The molecule has 2 aromatic rings. The summed E-state index contributed by atoms with van der Waals surface area (Å²) in [7, 11) is -3.30. The molecule has 0 saturated carbocycles. The maximum absolute atomic E-state index is 12.5. The summed E-state index contributed by atoms with van der Waals surface area (Å²) in [5.41, 5.74) is 1.04. The van der Waals surface area contributed by atoms with Crippen LogP contribution in [-0.2, 0) is 9.84 Å². The van der Waals surface area contributed by atoms with E-state index in [0.29, 0.717) is 29.4 Å². The zero-order valence-electron chi connectivity index (χ0n) is 10.3. The number of aromatic amines is 1. The van der Waals surface area contributed by atoms with Gasteiger partial charge in [0.15, 0.2) is 15.6 Å². The zero-order chi connectivity index (χ0) is 13.5. The summed E-state index contributed by atoms with van der Waals surface area (Å²) >= 11 is 0. The van der Waals surface area contributed by atoms with Crippen molar-refractivity contribution in [3.05, 3.63) is 30.1 Å². The van der Waals surface area contributed by atoms with Gasteiger partial charge < -0.3 is 4.98 Å². The lowest BCUT2D eigenvalue weighted by Crippen LogP contribution is -2.35. The summed E-state index contributed by atoms with van der Waals surface area (Å²) in [6.07, 6.45) is 5.06. The van der Waals surface area contributed by atoms with Crippen LogP contribution >= 0.6 is 0 Å². The van der Waals surface area contributed by atoms with Crippen LogP contribution in [0.1, 0.15) is 29.6 Å². The molecule has 1 fully saturated rings. The van der Waals surface area contributed by atoms with Gasteiger partial charge in [-0.25, -0.2) is 13.4 Å². The third kappa shape index (κ3) is 2.06. The number of carbonyl (C=O) groups excluding carboxylic acids is 1. The number of Topliss-reactive ketones (excluding diaryl/α,β-unsaturated/α-hetero) is 1. The molecule has 0 aromatic carbocycles. The lowest BCUT2D eigenvalue weighted by Gasteiger charge is -2.20. The van der Waals surface area contributed by atoms with Gasteiger partial charge in [0.1, 0.15) is 10.9 Å². The van der Waals surface area contributed by atoms with Crippen LogP contribution in [0.15, 0.2) is 24.5 Å². The topological polar surface area (TPSA) is 79.9 Å². The molecule has 0 spiro atoms. The summed E-state index contributed by atoms with van der Waals surface area (Å²) in [6, 6.07) is 3.52. The molecule has 0 aliphatic carbocycles. The van der Waals surface area contributed by atoms with Crippen LogP contribution in [0.25, 0.3) is 11.0 Å². The van der Waals surface area contributed by atoms with E-state index in [-0.39, 0.29) is 11.5 Å². The van der Waals surface area contributed by atoms with Gasteiger partial charge >= 0.3 is 0 Å². The van der Waals surface area contributed by atoms with Crippen LogP contribution in [0, 0.1) is 0 Å². The van der Waals surface area contributed by atoms with Crippen molar-refractivity contribution < 1.29 is 13.2 Å². The molecule has 1 atom stereocenters. The van der Waals surface area contributed by atoms with Crippen molar-refractivity contribution in [2.24, 2.45) is 0 Å². The van der Waals surface area contributed by atoms with Crippen molar-refractivity contribution in [3.63, 3.8) is 0 Å². The van der Waals surface area contributed by atoms with E-state index in [1.54, 1.807) is 24.5 Å². The first kappa shape index (κ1) is 12.3. The molecule has 6 heteroatoms. The van der Waals surface area contributed by atoms with Crippen molar-refractivity contribution >= 4 is 26.7 Å². The molecule has 19 heavy (non-hydrogen) atoms. The van der Waals surface area contributed by atoms with Crippen molar-refractivity contribution in [1.29, 1.82) is 0 Å². The average Bonchev–Trinajstić information content (AvgIpc) is 2.81. The molecule has 0 radical (unpaired) electrons. The largest absolute Gasteiger partial charge is 0.345 e. The Morgan fingerprint density at radius 3 is 3.00 bits per heavy atom. The van der Waals surface area contributed by atoms with Crippen molar-refractivity contribution in [3.8, 4) is 0 Å². The second kappa shape index (κ2) is 4.45. The van der Waals surface area contributed by atoms with Gasteiger partial charge in [0.25, 0.3) is 0 Å². The Hall–Kier alpha value is -1.69. The summed E-state index contributed by atoms with van der Waals surface area (Å²) in [5.74, 6) is -0.191. The fourth-order valence-corrected chi connectivity index (χ4v) is 4.45. The molecule has 1 aliphatic heterocycles. The van der Waals surface area contributed by atoms with Gasteiger partial charge in [0.2, 0.25) is 0 Å². The van der Waals surface area contributed by atoms with E-state index >= 15 is 0 Å². The van der Waals surface area contributed by atoms with E-state index < -0.39 is 15.1 Å². The van der Waals surface area contributed by atoms with E-state index in [1.165, 1.54) is 0 Å². The highest BCUT2D eigenvalue weighted by atomic mass is 32.2. The number of nitrogens with zero attached hydrogens (tertiary/aromatic N) is 1. The monoisotopic (exact) mass is 278 g/mol. The van der Waals surface area contributed by atoms with Crippen molar-refractivity contribution in [2.45, 2.75) is 24.5 Å². The highest BCUT2D eigenvalue weighted by molar-refractivity contribution is 7.92. The maximum Gasteiger partial charge on any atom is 0.183 e. The van der Waals surface area contributed by atoms with Gasteiger partial charge in [-0.2, -0.15) is 0 Å². The summed E-state index contributed by atoms with van der Waals surface area (Å²) in [4.78, 5) is 19.5. The van der Waals surface area contributed by atoms with Crippen molar-refractivity contribution in [1.82, 2.24) is 9.97 Å². The number of pyridine rings is 1. The number of nitrogens with one attached hydrogen (secondary N) is 1. The normalized spacial score (nSPS) is 22.4. The van der Waals surface area contributed by atoms with E-state index in [9.17, 15) is 13.2 Å². The van der Waals surface area contributed by atoms with Gasteiger partial charge in [-0.3, -0.25) is 4.79 Å². The number of ketones is 1. The SMILES string of the molecule is O=C(c1c[nH]c2ncccc12)C1CCCCS1(=O)=O. The fourth-order valence-electron chi connectivity index (χ4n) is 2.58. The number of rotatable bonds is 2.